The van der Waals surface area contributed by atoms with E-state index in [9.17, 15) is 0 Å². The van der Waals surface area contributed by atoms with Gasteiger partial charge in [0.15, 0.2) is 5.82 Å². The van der Waals surface area contributed by atoms with E-state index in [0.29, 0.717) is 0 Å². The van der Waals surface area contributed by atoms with E-state index in [1.807, 2.05) is 13.1 Å². The van der Waals surface area contributed by atoms with Crippen molar-refractivity contribution >= 4 is 17.6 Å². The van der Waals surface area contributed by atoms with Crippen LogP contribution in [0.3, 0.4) is 0 Å². The third-order valence-corrected chi connectivity index (χ3v) is 7.77. The van der Waals surface area contributed by atoms with Gasteiger partial charge in [-0.1, -0.05) is 127 Å². The average molecular weight is 555 g/mol. The summed E-state index contributed by atoms with van der Waals surface area (Å²) in [5, 5.41) is 0. The normalized spacial score (nSPS) is 11.7. The number of rotatable bonds is 7. The predicted octanol–water partition coefficient (Wildman–Crippen LogP) is 11.2. The van der Waals surface area contributed by atoms with E-state index in [1.54, 1.807) is 0 Å². The number of hydrogen-bond acceptors (Lipinski definition) is 2. The zero-order valence-electron chi connectivity index (χ0n) is 24.8. The lowest BCUT2D eigenvalue weighted by Gasteiger charge is -2.16. The van der Waals surface area contributed by atoms with Crippen molar-refractivity contribution in [3.05, 3.63) is 162 Å². The molecule has 0 saturated carbocycles. The minimum absolute atomic E-state index is 0.743. The summed E-state index contributed by atoms with van der Waals surface area (Å²) in [6, 6.07) is 47.2. The standard InChI is InChI=1S/C41H34N2/c1-29-14-10-11-15-32(29)23-22-31(3)43-41-30(2)26-36(28-42-41)35-24-25-39(40(27-35)34-18-8-5-9-19-34)38-21-13-12-20-37(38)33-16-6-4-7-17-33/h4-28H,1-3H3/b23-22-,43-31+. The van der Waals surface area contributed by atoms with Gasteiger partial charge in [-0.05, 0) is 94.6 Å². The first-order valence-corrected chi connectivity index (χ1v) is 14.7. The van der Waals surface area contributed by atoms with Gasteiger partial charge >= 0.3 is 0 Å². The van der Waals surface area contributed by atoms with E-state index >= 15 is 0 Å². The van der Waals surface area contributed by atoms with Gasteiger partial charge in [0.2, 0.25) is 0 Å². The van der Waals surface area contributed by atoms with Crippen LogP contribution in [0.25, 0.3) is 50.6 Å². The van der Waals surface area contributed by atoms with Crippen LogP contribution in [0.15, 0.2) is 151 Å². The Kier molecular flexibility index (Phi) is 8.19. The summed E-state index contributed by atoms with van der Waals surface area (Å²) < 4.78 is 0. The van der Waals surface area contributed by atoms with Gasteiger partial charge in [0.05, 0.1) is 0 Å². The summed E-state index contributed by atoms with van der Waals surface area (Å²) in [6.07, 6.45) is 6.10. The number of benzene rings is 5. The number of nitrogens with zero attached hydrogens (tertiary/aromatic N) is 2. The van der Waals surface area contributed by atoms with Gasteiger partial charge in [0.25, 0.3) is 0 Å². The number of allylic oxidation sites excluding steroid dienone is 1. The van der Waals surface area contributed by atoms with Crippen LogP contribution < -0.4 is 0 Å². The van der Waals surface area contributed by atoms with Gasteiger partial charge in [0, 0.05) is 17.5 Å². The molecule has 208 valence electrons. The number of hydrogen-bond donors (Lipinski definition) is 0. The molecule has 5 aromatic carbocycles. The second-order valence-electron chi connectivity index (χ2n) is 10.8. The fraction of sp³-hybridized carbons (Fsp3) is 0.0732. The van der Waals surface area contributed by atoms with Gasteiger partial charge in [0.1, 0.15) is 0 Å². The quantitative estimate of drug-likeness (QED) is 0.180. The van der Waals surface area contributed by atoms with E-state index in [2.05, 4.69) is 159 Å². The van der Waals surface area contributed by atoms with E-state index < -0.39 is 0 Å². The van der Waals surface area contributed by atoms with Crippen LogP contribution in [0.2, 0.25) is 0 Å². The molecule has 0 bridgehead atoms. The van der Waals surface area contributed by atoms with Gasteiger partial charge < -0.3 is 0 Å². The highest BCUT2D eigenvalue weighted by molar-refractivity contribution is 5.98. The van der Waals surface area contributed by atoms with Crippen LogP contribution >= 0.6 is 0 Å². The highest BCUT2D eigenvalue weighted by Gasteiger charge is 2.14. The average Bonchev–Trinajstić information content (AvgIpc) is 3.06. The second-order valence-corrected chi connectivity index (χ2v) is 10.8. The lowest BCUT2D eigenvalue weighted by atomic mass is 9.87. The summed E-state index contributed by atoms with van der Waals surface area (Å²) in [5.74, 6) is 0.743. The third-order valence-electron chi connectivity index (χ3n) is 7.77. The molecule has 0 atom stereocenters. The van der Waals surface area contributed by atoms with Crippen molar-refractivity contribution < 1.29 is 0 Å². The lowest BCUT2D eigenvalue weighted by molar-refractivity contribution is 1.22. The Bertz CT molecular complexity index is 1930. The van der Waals surface area contributed by atoms with Crippen molar-refractivity contribution in [1.82, 2.24) is 4.98 Å². The molecular formula is C41H34N2. The van der Waals surface area contributed by atoms with Crippen LogP contribution in [-0.2, 0) is 0 Å². The van der Waals surface area contributed by atoms with Gasteiger partial charge in [-0.3, -0.25) is 0 Å². The Morgan fingerprint density at radius 3 is 1.84 bits per heavy atom. The van der Waals surface area contributed by atoms with Crippen molar-refractivity contribution in [2.24, 2.45) is 4.99 Å². The van der Waals surface area contributed by atoms with Gasteiger partial charge in [-0.15, -0.1) is 0 Å². The molecule has 6 rings (SSSR count). The first-order valence-electron chi connectivity index (χ1n) is 14.7. The first kappa shape index (κ1) is 27.8. The van der Waals surface area contributed by atoms with Crippen molar-refractivity contribution in [2.45, 2.75) is 20.8 Å². The van der Waals surface area contributed by atoms with E-state index in [1.165, 1.54) is 44.5 Å². The highest BCUT2D eigenvalue weighted by atomic mass is 14.9. The lowest BCUT2D eigenvalue weighted by Crippen LogP contribution is -1.92. The Morgan fingerprint density at radius 1 is 0.535 bits per heavy atom. The molecule has 0 aliphatic heterocycles. The molecule has 2 heteroatoms. The number of aryl methyl sites for hydroxylation is 2. The molecule has 0 aliphatic carbocycles. The van der Waals surface area contributed by atoms with Crippen LogP contribution in [0.1, 0.15) is 23.6 Å². The predicted molar refractivity (Wildman–Crippen MR) is 184 cm³/mol. The van der Waals surface area contributed by atoms with Crippen LogP contribution in [-0.4, -0.2) is 10.7 Å². The van der Waals surface area contributed by atoms with Gasteiger partial charge in [-0.2, -0.15) is 0 Å². The fourth-order valence-corrected chi connectivity index (χ4v) is 5.43. The van der Waals surface area contributed by atoms with Crippen molar-refractivity contribution in [3.63, 3.8) is 0 Å². The highest BCUT2D eigenvalue weighted by Crippen LogP contribution is 2.40. The summed E-state index contributed by atoms with van der Waals surface area (Å²) in [6.45, 7) is 6.21. The Morgan fingerprint density at radius 2 is 1.14 bits per heavy atom. The molecular weight excluding hydrogens is 520 g/mol. The SMILES string of the molecule is CC(/C=C\c1ccccc1C)=N\c1ncc(-c2ccc(-c3ccccc3-c3ccccc3)c(-c3ccccc3)c2)cc1C. The first-order chi connectivity index (χ1) is 21.1. The third kappa shape index (κ3) is 6.29. The maximum atomic E-state index is 4.81. The van der Waals surface area contributed by atoms with Crippen molar-refractivity contribution in [3.8, 4) is 44.5 Å². The monoisotopic (exact) mass is 554 g/mol. The smallest absolute Gasteiger partial charge is 0.154 e. The Balaban J connectivity index is 1.37. The van der Waals surface area contributed by atoms with Crippen molar-refractivity contribution in [1.29, 1.82) is 0 Å². The molecule has 0 fully saturated rings. The molecule has 0 spiro atoms. The molecule has 0 saturated heterocycles. The topological polar surface area (TPSA) is 25.2 Å². The fourth-order valence-electron chi connectivity index (χ4n) is 5.43. The molecule has 43 heavy (non-hydrogen) atoms. The maximum Gasteiger partial charge on any atom is 0.154 e. The Hall–Kier alpha value is -5.34. The zero-order chi connectivity index (χ0) is 29.6. The summed E-state index contributed by atoms with van der Waals surface area (Å²) in [7, 11) is 0. The molecule has 0 unspecified atom stereocenters. The van der Waals surface area contributed by atoms with Crippen LogP contribution in [0.4, 0.5) is 5.82 Å². The molecule has 1 heterocycles. The summed E-state index contributed by atoms with van der Waals surface area (Å²) in [5.41, 5.74) is 13.8. The summed E-state index contributed by atoms with van der Waals surface area (Å²) in [4.78, 5) is 9.60. The van der Waals surface area contributed by atoms with Crippen LogP contribution in [0.5, 0.6) is 0 Å². The van der Waals surface area contributed by atoms with Gasteiger partial charge in [-0.25, -0.2) is 9.98 Å². The molecule has 0 aliphatic rings. The summed E-state index contributed by atoms with van der Waals surface area (Å²) >= 11 is 0. The molecule has 0 N–H and O–H groups in total. The minimum atomic E-state index is 0.743. The zero-order valence-corrected chi connectivity index (χ0v) is 24.8. The Labute approximate surface area is 254 Å². The van der Waals surface area contributed by atoms with E-state index in [4.69, 9.17) is 9.98 Å². The molecule has 1 aromatic heterocycles. The number of aromatic nitrogens is 1. The van der Waals surface area contributed by atoms with E-state index in [-0.39, 0.29) is 0 Å². The van der Waals surface area contributed by atoms with Crippen molar-refractivity contribution in [2.75, 3.05) is 0 Å². The molecule has 0 radical (unpaired) electrons. The maximum absolute atomic E-state index is 4.81. The number of pyridine rings is 1. The molecule has 6 aromatic rings. The van der Waals surface area contributed by atoms with Crippen LogP contribution in [0, 0.1) is 13.8 Å². The molecule has 0 amide bonds. The van der Waals surface area contributed by atoms with E-state index in [0.717, 1.165) is 28.2 Å². The second kappa shape index (κ2) is 12.7. The number of aliphatic imine (C=N–C) groups is 1. The molecule has 2 nitrogen and oxygen atoms in total. The largest absolute Gasteiger partial charge is 0.236 e. The minimum Gasteiger partial charge on any atom is -0.236 e.